The number of benzene rings is 2. The Bertz CT molecular complexity index is 1190. The zero-order valence-corrected chi connectivity index (χ0v) is 17.7. The van der Waals surface area contributed by atoms with E-state index >= 15 is 0 Å². The Morgan fingerprint density at radius 2 is 1.88 bits per heavy atom. The standard InChI is InChI=1S/C22H19ClF3N3O3/c1-13-18(9-10-30)21(32)29(20(27-13)14-3-2-4-16(23)11-14)12-19(31)28-17-7-5-15(6-8-17)22(24,25)26/h2-8,11,30H,9-10,12H2,1H3,(H,28,31). The SMILES string of the molecule is Cc1nc(-c2cccc(Cl)c2)n(CC(=O)Nc2ccc(C(F)(F)F)cc2)c(=O)c1CCO. The zero-order chi connectivity index (χ0) is 23.5. The number of hydrogen-bond donors (Lipinski definition) is 2. The van der Waals surface area contributed by atoms with Crippen molar-refractivity contribution in [1.82, 2.24) is 9.55 Å². The molecular weight excluding hydrogens is 447 g/mol. The Hall–Kier alpha value is -3.17. The molecule has 2 N–H and O–H groups in total. The molecule has 0 aliphatic carbocycles. The third-order valence-corrected chi connectivity index (χ3v) is 4.95. The molecule has 0 aliphatic rings. The van der Waals surface area contributed by atoms with Gasteiger partial charge in [0.2, 0.25) is 5.91 Å². The molecular formula is C22H19ClF3N3O3. The minimum atomic E-state index is -4.49. The molecule has 32 heavy (non-hydrogen) atoms. The lowest BCUT2D eigenvalue weighted by Crippen LogP contribution is -2.33. The van der Waals surface area contributed by atoms with E-state index in [4.69, 9.17) is 11.6 Å². The summed E-state index contributed by atoms with van der Waals surface area (Å²) in [5, 5.41) is 12.2. The Balaban J connectivity index is 1.95. The fourth-order valence-electron chi connectivity index (χ4n) is 3.18. The molecule has 168 valence electrons. The maximum absolute atomic E-state index is 13.1. The number of nitrogens with one attached hydrogen (secondary N) is 1. The molecule has 3 rings (SSSR count). The predicted molar refractivity (Wildman–Crippen MR) is 115 cm³/mol. The molecule has 0 fully saturated rings. The number of aryl methyl sites for hydroxylation is 1. The largest absolute Gasteiger partial charge is 0.416 e. The number of carbonyl (C=O) groups excluding carboxylic acids is 1. The molecule has 0 saturated carbocycles. The third kappa shape index (κ3) is 5.35. The molecule has 1 amide bonds. The number of aliphatic hydroxyl groups excluding tert-OH is 1. The van der Waals surface area contributed by atoms with Crippen molar-refractivity contribution in [3.8, 4) is 11.4 Å². The smallest absolute Gasteiger partial charge is 0.396 e. The molecule has 0 atom stereocenters. The van der Waals surface area contributed by atoms with Gasteiger partial charge in [-0.1, -0.05) is 23.7 Å². The van der Waals surface area contributed by atoms with Crippen LogP contribution in [0.15, 0.2) is 53.3 Å². The fraction of sp³-hybridized carbons (Fsp3) is 0.227. The topological polar surface area (TPSA) is 84.2 Å². The van der Waals surface area contributed by atoms with E-state index in [1.54, 1.807) is 31.2 Å². The molecule has 1 aromatic heterocycles. The minimum Gasteiger partial charge on any atom is -0.396 e. The fourth-order valence-corrected chi connectivity index (χ4v) is 3.37. The van der Waals surface area contributed by atoms with Gasteiger partial charge in [0.1, 0.15) is 12.4 Å². The average molecular weight is 466 g/mol. The highest BCUT2D eigenvalue weighted by atomic mass is 35.5. The summed E-state index contributed by atoms with van der Waals surface area (Å²) >= 11 is 6.06. The van der Waals surface area contributed by atoms with E-state index in [0.717, 1.165) is 28.8 Å². The Kier molecular flexibility index (Phi) is 7.00. The maximum Gasteiger partial charge on any atom is 0.416 e. The van der Waals surface area contributed by atoms with Crippen molar-refractivity contribution >= 4 is 23.2 Å². The number of anilines is 1. The molecule has 0 unspecified atom stereocenters. The van der Waals surface area contributed by atoms with E-state index in [0.29, 0.717) is 16.3 Å². The second-order valence-electron chi connectivity index (χ2n) is 7.00. The van der Waals surface area contributed by atoms with Crippen LogP contribution in [0.2, 0.25) is 5.02 Å². The van der Waals surface area contributed by atoms with E-state index in [9.17, 15) is 27.9 Å². The average Bonchev–Trinajstić information content (AvgIpc) is 2.72. The van der Waals surface area contributed by atoms with E-state index in [1.165, 1.54) is 0 Å². The molecule has 0 radical (unpaired) electrons. The van der Waals surface area contributed by atoms with Crippen molar-refractivity contribution in [2.45, 2.75) is 26.1 Å². The Labute approximate surface area is 186 Å². The number of hydrogen-bond acceptors (Lipinski definition) is 4. The summed E-state index contributed by atoms with van der Waals surface area (Å²) < 4.78 is 39.3. The van der Waals surface area contributed by atoms with E-state index in [1.807, 2.05) is 0 Å². The summed E-state index contributed by atoms with van der Waals surface area (Å²) in [7, 11) is 0. The van der Waals surface area contributed by atoms with Crippen LogP contribution in [0, 0.1) is 6.92 Å². The second-order valence-corrected chi connectivity index (χ2v) is 7.43. The number of aromatic nitrogens is 2. The summed E-state index contributed by atoms with van der Waals surface area (Å²) in [6.07, 6.45) is -4.42. The maximum atomic E-state index is 13.1. The van der Waals surface area contributed by atoms with Gasteiger partial charge in [-0.3, -0.25) is 14.2 Å². The van der Waals surface area contributed by atoms with E-state index in [2.05, 4.69) is 10.3 Å². The summed E-state index contributed by atoms with van der Waals surface area (Å²) in [4.78, 5) is 30.2. The number of nitrogens with zero attached hydrogens (tertiary/aromatic N) is 2. The number of rotatable bonds is 6. The van der Waals surface area contributed by atoms with Crippen LogP contribution in [0.25, 0.3) is 11.4 Å². The predicted octanol–water partition coefficient (Wildman–Crippen LogP) is 4.06. The molecule has 10 heteroatoms. The first-order chi connectivity index (χ1) is 15.1. The summed E-state index contributed by atoms with van der Waals surface area (Å²) in [6, 6.07) is 10.6. The number of aliphatic hydroxyl groups is 1. The monoisotopic (exact) mass is 465 g/mol. The normalized spacial score (nSPS) is 11.4. The first-order valence-electron chi connectivity index (χ1n) is 9.54. The van der Waals surface area contributed by atoms with Gasteiger partial charge in [0.25, 0.3) is 5.56 Å². The van der Waals surface area contributed by atoms with Crippen LogP contribution in [0.3, 0.4) is 0 Å². The van der Waals surface area contributed by atoms with Crippen molar-refractivity contribution in [3.63, 3.8) is 0 Å². The lowest BCUT2D eigenvalue weighted by Gasteiger charge is -2.16. The van der Waals surface area contributed by atoms with Crippen LogP contribution < -0.4 is 10.9 Å². The van der Waals surface area contributed by atoms with Crippen LogP contribution >= 0.6 is 11.6 Å². The number of halogens is 4. The van der Waals surface area contributed by atoms with Crippen molar-refractivity contribution < 1.29 is 23.1 Å². The van der Waals surface area contributed by atoms with Gasteiger partial charge in [0.05, 0.1) is 5.56 Å². The summed E-state index contributed by atoms with van der Waals surface area (Å²) in [6.45, 7) is 0.923. The van der Waals surface area contributed by atoms with Gasteiger partial charge in [-0.2, -0.15) is 13.2 Å². The lowest BCUT2D eigenvalue weighted by atomic mass is 10.1. The van der Waals surface area contributed by atoms with Crippen molar-refractivity contribution in [2.75, 3.05) is 11.9 Å². The molecule has 0 spiro atoms. The number of amides is 1. The lowest BCUT2D eigenvalue weighted by molar-refractivity contribution is -0.137. The summed E-state index contributed by atoms with van der Waals surface area (Å²) in [5.74, 6) is -0.421. The van der Waals surface area contributed by atoms with Crippen LogP contribution in [-0.4, -0.2) is 27.2 Å². The van der Waals surface area contributed by atoms with Gasteiger partial charge < -0.3 is 10.4 Å². The molecule has 0 bridgehead atoms. The van der Waals surface area contributed by atoms with Crippen molar-refractivity contribution in [3.05, 3.63) is 80.7 Å². The number of carbonyl (C=O) groups is 1. The van der Waals surface area contributed by atoms with Crippen LogP contribution in [0.4, 0.5) is 18.9 Å². The first-order valence-corrected chi connectivity index (χ1v) is 9.92. The van der Waals surface area contributed by atoms with Gasteiger partial charge in [-0.05, 0) is 43.3 Å². The third-order valence-electron chi connectivity index (χ3n) is 4.71. The second kappa shape index (κ2) is 9.54. The van der Waals surface area contributed by atoms with Gasteiger partial charge >= 0.3 is 6.18 Å². The molecule has 3 aromatic rings. The molecule has 0 aliphatic heterocycles. The van der Waals surface area contributed by atoms with Gasteiger partial charge in [0.15, 0.2) is 0 Å². The van der Waals surface area contributed by atoms with Gasteiger partial charge in [-0.25, -0.2) is 4.98 Å². The summed E-state index contributed by atoms with van der Waals surface area (Å²) in [5.41, 5.74) is 0.000975. The van der Waals surface area contributed by atoms with Gasteiger partial charge in [0, 0.05) is 40.6 Å². The van der Waals surface area contributed by atoms with Crippen LogP contribution in [-0.2, 0) is 23.9 Å². The Morgan fingerprint density at radius 3 is 2.47 bits per heavy atom. The number of alkyl halides is 3. The molecule has 2 aromatic carbocycles. The van der Waals surface area contributed by atoms with Gasteiger partial charge in [-0.15, -0.1) is 0 Å². The molecule has 1 heterocycles. The van der Waals surface area contributed by atoms with E-state index in [-0.39, 0.29) is 30.1 Å². The Morgan fingerprint density at radius 1 is 1.19 bits per heavy atom. The highest BCUT2D eigenvalue weighted by Crippen LogP contribution is 2.30. The highest BCUT2D eigenvalue weighted by molar-refractivity contribution is 6.30. The van der Waals surface area contributed by atoms with Crippen LogP contribution in [0.5, 0.6) is 0 Å². The first kappa shape index (κ1) is 23.5. The minimum absolute atomic E-state index is 0.0635. The van der Waals surface area contributed by atoms with E-state index < -0.39 is 29.8 Å². The van der Waals surface area contributed by atoms with Crippen LogP contribution in [0.1, 0.15) is 16.8 Å². The highest BCUT2D eigenvalue weighted by Gasteiger charge is 2.30. The van der Waals surface area contributed by atoms with Crippen molar-refractivity contribution in [1.29, 1.82) is 0 Å². The van der Waals surface area contributed by atoms with Crippen molar-refractivity contribution in [2.24, 2.45) is 0 Å². The molecule has 6 nitrogen and oxygen atoms in total. The zero-order valence-electron chi connectivity index (χ0n) is 16.9. The quantitative estimate of drug-likeness (QED) is 0.575. The molecule has 0 saturated heterocycles.